The molecule has 0 aliphatic heterocycles. The number of nitrogens with zero attached hydrogens (tertiary/aromatic N) is 2. The summed E-state index contributed by atoms with van der Waals surface area (Å²) >= 11 is 6.05. The van der Waals surface area contributed by atoms with Crippen LogP contribution in [0.5, 0.6) is 0 Å². The van der Waals surface area contributed by atoms with Gasteiger partial charge in [-0.25, -0.2) is 0 Å². The van der Waals surface area contributed by atoms with Gasteiger partial charge in [0.25, 0.3) is 0 Å². The minimum atomic E-state index is -5.55. The molecule has 10 heteroatoms. The zero-order valence-electron chi connectivity index (χ0n) is 16.1. The third-order valence-electron chi connectivity index (χ3n) is 3.93. The van der Waals surface area contributed by atoms with Crippen LogP contribution < -0.4 is 9.73 Å². The normalized spacial score (nSPS) is 12.7. The van der Waals surface area contributed by atoms with E-state index in [1.54, 1.807) is 47.8 Å². The quantitative estimate of drug-likeness (QED) is 0.447. The average Bonchev–Trinajstić information content (AvgIpc) is 2.61. The number of rotatable bonds is 7. The molecule has 0 saturated heterocycles. The van der Waals surface area contributed by atoms with Crippen LogP contribution in [0.1, 0.15) is 31.4 Å². The molecule has 0 atom stereocenters. The molecule has 0 spiro atoms. The number of hydrazone groups is 1. The van der Waals surface area contributed by atoms with Gasteiger partial charge in [-0.1, -0.05) is 36.2 Å². The van der Waals surface area contributed by atoms with Crippen molar-refractivity contribution in [1.29, 1.82) is 0 Å². The number of aryl methyl sites for hydroxylation is 1. The number of alkyl halides is 3. The Hall–Kier alpha value is -2.26. The van der Waals surface area contributed by atoms with Gasteiger partial charge in [-0.2, -0.15) is 26.7 Å². The molecular weight excluding hydrogens is 427 g/mol. The van der Waals surface area contributed by atoms with Crippen molar-refractivity contribution in [2.75, 3.05) is 16.3 Å². The van der Waals surface area contributed by atoms with Crippen LogP contribution in [0.15, 0.2) is 47.6 Å². The maximum Gasteiger partial charge on any atom is 0.516 e. The summed E-state index contributed by atoms with van der Waals surface area (Å²) in [6.07, 6.45) is 0.755. The van der Waals surface area contributed by atoms with E-state index in [0.717, 1.165) is 12.0 Å². The van der Waals surface area contributed by atoms with Crippen molar-refractivity contribution >= 4 is 38.7 Å². The zero-order chi connectivity index (χ0) is 21.8. The van der Waals surface area contributed by atoms with Crippen molar-refractivity contribution in [3.8, 4) is 0 Å². The monoisotopic (exact) mass is 447 g/mol. The van der Waals surface area contributed by atoms with Gasteiger partial charge < -0.3 is 0 Å². The van der Waals surface area contributed by atoms with Crippen molar-refractivity contribution in [3.05, 3.63) is 58.6 Å². The zero-order valence-corrected chi connectivity index (χ0v) is 17.7. The number of hydrogen-bond donors (Lipinski definition) is 1. The highest BCUT2D eigenvalue weighted by molar-refractivity contribution is 7.93. The summed E-state index contributed by atoms with van der Waals surface area (Å²) in [7, 11) is -5.55. The summed E-state index contributed by atoms with van der Waals surface area (Å²) in [6.45, 7) is 5.85. The second-order valence-electron chi connectivity index (χ2n) is 6.39. The standard InChI is InChI=1S/C19H21ClF3N3O2S/c1-4-10-26(16-7-5-6-15(20)12-16)24-14(3)17-11-13(2)8-9-18(17)25-29(27,28)19(21,22)23/h5-9,11-12,25H,4,10H2,1-3H3/b24-14+. The molecule has 1 N–H and O–H groups in total. The lowest BCUT2D eigenvalue weighted by Crippen LogP contribution is -2.30. The van der Waals surface area contributed by atoms with Gasteiger partial charge in [0, 0.05) is 17.1 Å². The Bertz CT molecular complexity index is 1010. The van der Waals surface area contributed by atoms with E-state index in [2.05, 4.69) is 5.10 Å². The Morgan fingerprint density at radius 1 is 1.21 bits per heavy atom. The Balaban J connectivity index is 2.50. The lowest BCUT2D eigenvalue weighted by molar-refractivity contribution is -0.0429. The smallest absolute Gasteiger partial charge is 0.275 e. The van der Waals surface area contributed by atoms with Gasteiger partial charge in [0.05, 0.1) is 17.1 Å². The summed E-state index contributed by atoms with van der Waals surface area (Å²) in [5.41, 5.74) is -3.56. The molecule has 0 aliphatic carbocycles. The Morgan fingerprint density at radius 3 is 2.48 bits per heavy atom. The lowest BCUT2D eigenvalue weighted by Gasteiger charge is -2.21. The molecule has 0 amide bonds. The maximum absolute atomic E-state index is 12.8. The number of sulfonamides is 1. The number of hydrogen-bond acceptors (Lipinski definition) is 4. The summed E-state index contributed by atoms with van der Waals surface area (Å²) < 4.78 is 63.1. The van der Waals surface area contributed by atoms with E-state index < -0.39 is 15.5 Å². The van der Waals surface area contributed by atoms with Crippen molar-refractivity contribution in [1.82, 2.24) is 0 Å². The highest BCUT2D eigenvalue weighted by Crippen LogP contribution is 2.28. The first-order valence-corrected chi connectivity index (χ1v) is 10.6. The Morgan fingerprint density at radius 2 is 1.90 bits per heavy atom. The third kappa shape index (κ3) is 5.86. The van der Waals surface area contributed by atoms with Gasteiger partial charge in [-0.05, 0) is 50.6 Å². The van der Waals surface area contributed by atoms with Crippen LogP contribution in [0, 0.1) is 6.92 Å². The van der Waals surface area contributed by atoms with Gasteiger partial charge in [0.15, 0.2) is 0 Å². The van der Waals surface area contributed by atoms with Crippen LogP contribution in [0.3, 0.4) is 0 Å². The molecule has 0 heterocycles. The predicted molar refractivity (Wildman–Crippen MR) is 111 cm³/mol. The van der Waals surface area contributed by atoms with Crippen LogP contribution in [-0.2, 0) is 10.0 Å². The van der Waals surface area contributed by atoms with Crippen LogP contribution in [0.4, 0.5) is 24.5 Å². The summed E-state index contributed by atoms with van der Waals surface area (Å²) in [5.74, 6) is 0. The molecule has 0 saturated carbocycles. The predicted octanol–water partition coefficient (Wildman–Crippen LogP) is 5.55. The van der Waals surface area contributed by atoms with Crippen LogP contribution >= 0.6 is 11.6 Å². The molecule has 2 aromatic rings. The molecule has 0 bridgehead atoms. The molecule has 0 unspecified atom stereocenters. The molecule has 0 fully saturated rings. The first kappa shape index (κ1) is 23.0. The summed E-state index contributed by atoms with van der Waals surface area (Å²) in [5, 5.41) is 6.71. The minimum absolute atomic E-state index is 0.197. The molecule has 0 aromatic heterocycles. The number of anilines is 2. The number of benzene rings is 2. The molecule has 0 aliphatic rings. The lowest BCUT2D eigenvalue weighted by atomic mass is 10.1. The minimum Gasteiger partial charge on any atom is -0.275 e. The van der Waals surface area contributed by atoms with Crippen molar-refractivity contribution < 1.29 is 21.6 Å². The number of halogens is 4. The highest BCUT2D eigenvalue weighted by atomic mass is 35.5. The van der Waals surface area contributed by atoms with E-state index in [-0.39, 0.29) is 11.3 Å². The first-order chi connectivity index (χ1) is 13.4. The summed E-state index contributed by atoms with van der Waals surface area (Å²) in [6, 6.07) is 11.4. The number of nitrogens with one attached hydrogen (secondary N) is 1. The average molecular weight is 448 g/mol. The molecule has 2 rings (SSSR count). The van der Waals surface area contributed by atoms with E-state index in [1.165, 1.54) is 12.1 Å². The fraction of sp³-hybridized carbons (Fsp3) is 0.316. The Labute approximate surface area is 173 Å². The third-order valence-corrected chi connectivity index (χ3v) is 5.26. The van der Waals surface area contributed by atoms with E-state index in [1.807, 2.05) is 13.0 Å². The van der Waals surface area contributed by atoms with E-state index >= 15 is 0 Å². The van der Waals surface area contributed by atoms with Crippen molar-refractivity contribution in [3.63, 3.8) is 0 Å². The fourth-order valence-corrected chi connectivity index (χ4v) is 3.34. The topological polar surface area (TPSA) is 61.8 Å². The van der Waals surface area contributed by atoms with Gasteiger partial charge in [-0.15, -0.1) is 0 Å². The summed E-state index contributed by atoms with van der Waals surface area (Å²) in [4.78, 5) is 0. The van der Waals surface area contributed by atoms with Crippen molar-refractivity contribution in [2.24, 2.45) is 5.10 Å². The molecule has 29 heavy (non-hydrogen) atoms. The van der Waals surface area contributed by atoms with E-state index in [9.17, 15) is 21.6 Å². The SMILES string of the molecule is CCCN(/N=C(\C)c1cc(C)ccc1NS(=O)(=O)C(F)(F)F)c1cccc(Cl)c1. The fourth-order valence-electron chi connectivity index (χ4n) is 2.57. The van der Waals surface area contributed by atoms with Crippen molar-refractivity contribution in [2.45, 2.75) is 32.7 Å². The van der Waals surface area contributed by atoms with Gasteiger partial charge >= 0.3 is 15.5 Å². The van der Waals surface area contributed by atoms with E-state index in [0.29, 0.717) is 23.0 Å². The van der Waals surface area contributed by atoms with Gasteiger partial charge in [0.2, 0.25) is 0 Å². The van der Waals surface area contributed by atoms with Crippen LogP contribution in [0.25, 0.3) is 0 Å². The second kappa shape index (κ2) is 9.04. The molecule has 5 nitrogen and oxygen atoms in total. The maximum atomic E-state index is 12.8. The largest absolute Gasteiger partial charge is 0.516 e. The van der Waals surface area contributed by atoms with Gasteiger partial charge in [-0.3, -0.25) is 9.73 Å². The molecule has 0 radical (unpaired) electrons. The van der Waals surface area contributed by atoms with Crippen LogP contribution in [-0.4, -0.2) is 26.2 Å². The molecule has 2 aromatic carbocycles. The Kier molecular flexibility index (Phi) is 7.18. The second-order valence-corrected chi connectivity index (χ2v) is 8.50. The molecule has 158 valence electrons. The highest BCUT2D eigenvalue weighted by Gasteiger charge is 2.46. The molecular formula is C19H21ClF3N3O2S. The van der Waals surface area contributed by atoms with E-state index in [4.69, 9.17) is 11.6 Å². The first-order valence-electron chi connectivity index (χ1n) is 8.73. The van der Waals surface area contributed by atoms with Crippen LogP contribution in [0.2, 0.25) is 5.02 Å². The van der Waals surface area contributed by atoms with Gasteiger partial charge in [0.1, 0.15) is 0 Å².